The third-order valence-electron chi connectivity index (χ3n) is 5.20. The summed E-state index contributed by atoms with van der Waals surface area (Å²) >= 11 is 0. The molecule has 0 unspecified atom stereocenters. The number of para-hydroxylation sites is 2. The van der Waals surface area contributed by atoms with Gasteiger partial charge in [0.15, 0.2) is 0 Å². The van der Waals surface area contributed by atoms with E-state index in [0.717, 1.165) is 28.1 Å². The summed E-state index contributed by atoms with van der Waals surface area (Å²) in [6.45, 7) is 11.1. The first-order chi connectivity index (χ1) is 17.5. The predicted octanol–water partition coefficient (Wildman–Crippen LogP) is 6.12. The molecule has 4 rings (SSSR count). The van der Waals surface area contributed by atoms with Crippen molar-refractivity contribution in [3.63, 3.8) is 0 Å². The van der Waals surface area contributed by atoms with Crippen LogP contribution in [0.4, 0.5) is 16.3 Å². The van der Waals surface area contributed by atoms with Crippen LogP contribution in [0.25, 0.3) is 16.6 Å². The Balaban J connectivity index is 0.00000131. The summed E-state index contributed by atoms with van der Waals surface area (Å²) in [6, 6.07) is 18.4. The minimum Gasteiger partial charge on any atom is -0.507 e. The Hall–Kier alpha value is -3.94. The Bertz CT molecular complexity index is 1260. The molecule has 0 aliphatic heterocycles. The number of phenolic OH excluding ortho intramolecular Hbond substituents is 1. The number of aromatic nitrogens is 2. The second-order valence-electron chi connectivity index (χ2n) is 7.52. The van der Waals surface area contributed by atoms with Gasteiger partial charge in [-0.25, -0.2) is 9.31 Å². The highest BCUT2D eigenvalue weighted by atomic mass is 16.3. The summed E-state index contributed by atoms with van der Waals surface area (Å²) < 4.78 is 1.73. The normalized spacial score (nSPS) is 9.65. The SMILES string of the molecule is C.CC.CC.[B]c1cnn2c(NCCCNC(=O)Nc3ccccc3C)cc(-c3ccccc3O)cc12. The molecular weight excluding hydrogens is 461 g/mol. The molecule has 0 saturated heterocycles. The molecule has 196 valence electrons. The maximum absolute atomic E-state index is 12.1. The van der Waals surface area contributed by atoms with Gasteiger partial charge >= 0.3 is 6.03 Å². The van der Waals surface area contributed by atoms with Crippen molar-refractivity contribution in [2.24, 2.45) is 0 Å². The summed E-state index contributed by atoms with van der Waals surface area (Å²) in [4.78, 5) is 12.1. The van der Waals surface area contributed by atoms with Crippen molar-refractivity contribution in [2.45, 2.75) is 48.5 Å². The molecule has 0 aliphatic carbocycles. The van der Waals surface area contributed by atoms with Crippen LogP contribution >= 0.6 is 0 Å². The molecule has 2 aromatic heterocycles. The van der Waals surface area contributed by atoms with Crippen molar-refractivity contribution in [3.8, 4) is 16.9 Å². The number of urea groups is 1. The monoisotopic (exact) mass is 501 g/mol. The molecule has 8 heteroatoms. The van der Waals surface area contributed by atoms with Gasteiger partial charge in [-0.2, -0.15) is 5.10 Å². The second-order valence-corrected chi connectivity index (χ2v) is 7.52. The summed E-state index contributed by atoms with van der Waals surface area (Å²) in [5.41, 5.74) is 4.66. The number of aromatic hydroxyl groups is 1. The highest BCUT2D eigenvalue weighted by molar-refractivity contribution is 6.36. The molecule has 37 heavy (non-hydrogen) atoms. The van der Waals surface area contributed by atoms with Crippen molar-refractivity contribution < 1.29 is 9.90 Å². The van der Waals surface area contributed by atoms with E-state index in [9.17, 15) is 9.90 Å². The molecule has 4 N–H and O–H groups in total. The number of rotatable bonds is 7. The number of nitrogens with zero attached hydrogens (tertiary/aromatic N) is 2. The average molecular weight is 501 g/mol. The number of aryl methyl sites for hydroxylation is 1. The molecule has 0 fully saturated rings. The first-order valence-electron chi connectivity index (χ1n) is 12.4. The number of carbonyl (C=O) groups is 1. The van der Waals surface area contributed by atoms with Gasteiger partial charge in [0.1, 0.15) is 19.4 Å². The minimum atomic E-state index is -0.233. The molecule has 0 aliphatic rings. The molecule has 2 radical (unpaired) electrons. The second kappa shape index (κ2) is 15.9. The van der Waals surface area contributed by atoms with E-state index < -0.39 is 0 Å². The molecule has 2 aromatic carbocycles. The van der Waals surface area contributed by atoms with Crippen LogP contribution in [0.5, 0.6) is 5.75 Å². The topological polar surface area (TPSA) is 90.7 Å². The maximum atomic E-state index is 12.1. The van der Waals surface area contributed by atoms with Crippen molar-refractivity contribution in [1.29, 1.82) is 0 Å². The van der Waals surface area contributed by atoms with Crippen LogP contribution in [0.15, 0.2) is 66.9 Å². The Morgan fingerprint density at radius 1 is 1.00 bits per heavy atom. The highest BCUT2D eigenvalue weighted by Crippen LogP contribution is 2.31. The third kappa shape index (κ3) is 8.31. The zero-order valence-corrected chi connectivity index (χ0v) is 21.8. The zero-order chi connectivity index (χ0) is 26.5. The van der Waals surface area contributed by atoms with Gasteiger partial charge < -0.3 is 21.1 Å². The van der Waals surface area contributed by atoms with E-state index in [1.165, 1.54) is 0 Å². The Morgan fingerprint density at radius 2 is 1.68 bits per heavy atom. The summed E-state index contributed by atoms with van der Waals surface area (Å²) in [5, 5.41) is 23.7. The molecule has 0 spiro atoms. The lowest BCUT2D eigenvalue weighted by molar-refractivity contribution is 0.252. The van der Waals surface area contributed by atoms with E-state index in [1.54, 1.807) is 22.8 Å². The van der Waals surface area contributed by atoms with E-state index in [0.29, 0.717) is 30.5 Å². The number of phenols is 1. The molecule has 2 amide bonds. The van der Waals surface area contributed by atoms with Crippen molar-refractivity contribution in [3.05, 3.63) is 72.4 Å². The van der Waals surface area contributed by atoms with Crippen LogP contribution < -0.4 is 21.4 Å². The quantitative estimate of drug-likeness (QED) is 0.181. The standard InChI is InChI=1S/C24H24BN5O2.2C2H6.CH4/c1-16-7-2-4-9-20(16)29-24(32)27-12-6-11-26-23-14-17(18-8-3-5-10-22(18)31)13-21-19(25)15-28-30(21)23;2*1-2;/h2-5,7-10,13-15,26,31H,6,11-12H2,1H3,(H2,27,29,32);2*1-2H3;1H4. The first-order valence-corrected chi connectivity index (χ1v) is 12.4. The van der Waals surface area contributed by atoms with Crippen molar-refractivity contribution in [1.82, 2.24) is 14.9 Å². The number of anilines is 2. The number of fused-ring (bicyclic) bond motifs is 1. The van der Waals surface area contributed by atoms with Crippen LogP contribution in [0.3, 0.4) is 0 Å². The van der Waals surface area contributed by atoms with E-state index >= 15 is 0 Å². The summed E-state index contributed by atoms with van der Waals surface area (Å²) in [6.07, 6.45) is 2.31. The lowest BCUT2D eigenvalue weighted by Gasteiger charge is -2.13. The molecule has 2 heterocycles. The molecule has 4 aromatic rings. The van der Waals surface area contributed by atoms with E-state index in [1.807, 2.05) is 83.1 Å². The van der Waals surface area contributed by atoms with E-state index in [2.05, 4.69) is 21.0 Å². The van der Waals surface area contributed by atoms with Gasteiger partial charge in [0.05, 0.1) is 5.52 Å². The fourth-order valence-corrected chi connectivity index (χ4v) is 3.49. The van der Waals surface area contributed by atoms with Gasteiger partial charge in [-0.1, -0.05) is 77.0 Å². The summed E-state index contributed by atoms with van der Waals surface area (Å²) in [7, 11) is 6.09. The van der Waals surface area contributed by atoms with E-state index in [4.69, 9.17) is 7.85 Å². The molecule has 7 nitrogen and oxygen atoms in total. The van der Waals surface area contributed by atoms with Gasteiger partial charge in [-0.3, -0.25) is 0 Å². The number of pyridine rings is 1. The van der Waals surface area contributed by atoms with Gasteiger partial charge in [0.25, 0.3) is 0 Å². The number of nitrogens with one attached hydrogen (secondary N) is 3. The molecular formula is C29H40BN5O2. The Kier molecular flexibility index (Phi) is 13.4. The molecule has 0 saturated carbocycles. The maximum Gasteiger partial charge on any atom is 0.319 e. The fraction of sp³-hybridized carbons (Fsp3) is 0.310. The largest absolute Gasteiger partial charge is 0.507 e. The molecule has 0 atom stereocenters. The number of hydrogen-bond donors (Lipinski definition) is 4. The summed E-state index contributed by atoms with van der Waals surface area (Å²) in [5.74, 6) is 0.951. The zero-order valence-electron chi connectivity index (χ0n) is 21.8. The van der Waals surface area contributed by atoms with E-state index in [-0.39, 0.29) is 19.2 Å². The highest BCUT2D eigenvalue weighted by Gasteiger charge is 2.11. The van der Waals surface area contributed by atoms with Crippen LogP contribution in [0.1, 0.15) is 47.1 Å². The first kappa shape index (κ1) is 31.1. The van der Waals surface area contributed by atoms with Crippen LogP contribution in [0, 0.1) is 6.92 Å². The van der Waals surface area contributed by atoms with Gasteiger partial charge in [0.2, 0.25) is 0 Å². The Morgan fingerprint density at radius 3 is 2.38 bits per heavy atom. The van der Waals surface area contributed by atoms with Crippen LogP contribution in [0.2, 0.25) is 0 Å². The lowest BCUT2D eigenvalue weighted by Crippen LogP contribution is -2.30. The minimum absolute atomic E-state index is 0. The average Bonchev–Trinajstić information content (AvgIpc) is 3.28. The Labute approximate surface area is 222 Å². The predicted molar refractivity (Wildman–Crippen MR) is 158 cm³/mol. The van der Waals surface area contributed by atoms with Crippen LogP contribution in [-0.4, -0.2) is 41.7 Å². The van der Waals surface area contributed by atoms with Crippen molar-refractivity contribution >= 4 is 36.4 Å². The van der Waals surface area contributed by atoms with Gasteiger partial charge in [-0.05, 0) is 48.7 Å². The smallest absolute Gasteiger partial charge is 0.319 e. The van der Waals surface area contributed by atoms with Crippen molar-refractivity contribution in [2.75, 3.05) is 23.7 Å². The lowest BCUT2D eigenvalue weighted by atomic mass is 9.96. The third-order valence-corrected chi connectivity index (χ3v) is 5.20. The van der Waals surface area contributed by atoms with Crippen LogP contribution in [-0.2, 0) is 0 Å². The number of amides is 2. The number of benzene rings is 2. The fourth-order valence-electron chi connectivity index (χ4n) is 3.49. The molecule has 0 bridgehead atoms. The van der Waals surface area contributed by atoms with Gasteiger partial charge in [-0.15, -0.1) is 0 Å². The van der Waals surface area contributed by atoms with Gasteiger partial charge in [0, 0.05) is 30.5 Å². The number of hydrogen-bond acceptors (Lipinski definition) is 4. The number of carbonyl (C=O) groups excluding carboxylic acids is 1.